The maximum Gasteiger partial charge on any atom is 0.222 e. The van der Waals surface area contributed by atoms with Gasteiger partial charge in [-0.25, -0.2) is 4.68 Å². The zero-order chi connectivity index (χ0) is 15.2. The van der Waals surface area contributed by atoms with Crippen LogP contribution < -0.4 is 10.1 Å². The number of nitrogens with one attached hydrogen (secondary N) is 1. The molecule has 114 valence electrons. The van der Waals surface area contributed by atoms with Crippen molar-refractivity contribution in [3.8, 4) is 11.6 Å². The highest BCUT2D eigenvalue weighted by molar-refractivity contribution is 6.30. The smallest absolute Gasteiger partial charge is 0.222 e. The van der Waals surface area contributed by atoms with E-state index in [1.54, 1.807) is 23.9 Å². The zero-order valence-electron chi connectivity index (χ0n) is 12.5. The number of rotatable bonds is 7. The Morgan fingerprint density at radius 3 is 2.67 bits per heavy atom. The Morgan fingerprint density at radius 1 is 1.29 bits per heavy atom. The van der Waals surface area contributed by atoms with Crippen LogP contribution in [-0.2, 0) is 18.3 Å². The van der Waals surface area contributed by atoms with Crippen molar-refractivity contribution in [1.29, 1.82) is 0 Å². The highest BCUT2D eigenvalue weighted by Gasteiger charge is 2.15. The second-order valence-electron chi connectivity index (χ2n) is 4.72. The average Bonchev–Trinajstić information content (AvgIpc) is 2.72. The van der Waals surface area contributed by atoms with Crippen LogP contribution in [0.1, 0.15) is 11.3 Å². The molecule has 21 heavy (non-hydrogen) atoms. The summed E-state index contributed by atoms with van der Waals surface area (Å²) in [6.45, 7) is 4.12. The molecule has 1 heterocycles. The fourth-order valence-electron chi connectivity index (χ4n) is 2.01. The van der Waals surface area contributed by atoms with Crippen molar-refractivity contribution in [2.75, 3.05) is 20.3 Å². The summed E-state index contributed by atoms with van der Waals surface area (Å²) in [6, 6.07) is 7.28. The SMILES string of the molecule is COCCNCc1c(C)nn(C)c1Oc1ccc(Cl)cc1. The quantitative estimate of drug-likeness (QED) is 0.799. The molecule has 0 fully saturated rings. The fraction of sp³-hybridized carbons (Fsp3) is 0.400. The van der Waals surface area contributed by atoms with Gasteiger partial charge in [-0.15, -0.1) is 0 Å². The van der Waals surface area contributed by atoms with Crippen LogP contribution >= 0.6 is 11.6 Å². The first-order chi connectivity index (χ1) is 10.1. The van der Waals surface area contributed by atoms with Crippen molar-refractivity contribution in [3.63, 3.8) is 0 Å². The molecule has 5 nitrogen and oxygen atoms in total. The third-order valence-corrected chi connectivity index (χ3v) is 3.35. The van der Waals surface area contributed by atoms with Gasteiger partial charge in [0.2, 0.25) is 5.88 Å². The molecule has 0 aliphatic rings. The van der Waals surface area contributed by atoms with Crippen LogP contribution in [0.2, 0.25) is 5.02 Å². The van der Waals surface area contributed by atoms with E-state index in [4.69, 9.17) is 21.1 Å². The lowest BCUT2D eigenvalue weighted by atomic mass is 10.2. The Labute approximate surface area is 129 Å². The van der Waals surface area contributed by atoms with Crippen molar-refractivity contribution in [3.05, 3.63) is 40.5 Å². The predicted molar refractivity (Wildman–Crippen MR) is 83.1 cm³/mol. The Bertz CT molecular complexity index is 581. The molecule has 0 amide bonds. The summed E-state index contributed by atoms with van der Waals surface area (Å²) in [7, 11) is 3.56. The van der Waals surface area contributed by atoms with E-state index < -0.39 is 0 Å². The van der Waals surface area contributed by atoms with E-state index >= 15 is 0 Å². The average molecular weight is 310 g/mol. The number of methoxy groups -OCH3 is 1. The second kappa shape index (κ2) is 7.45. The summed E-state index contributed by atoms with van der Waals surface area (Å²) in [5.74, 6) is 1.47. The van der Waals surface area contributed by atoms with E-state index in [0.717, 1.165) is 29.4 Å². The van der Waals surface area contributed by atoms with Gasteiger partial charge in [0.05, 0.1) is 17.9 Å². The highest BCUT2D eigenvalue weighted by atomic mass is 35.5. The van der Waals surface area contributed by atoms with Gasteiger partial charge < -0.3 is 14.8 Å². The van der Waals surface area contributed by atoms with Gasteiger partial charge in [-0.3, -0.25) is 0 Å². The first-order valence-corrected chi connectivity index (χ1v) is 7.15. The minimum atomic E-state index is 0.673. The van der Waals surface area contributed by atoms with E-state index in [2.05, 4.69) is 10.4 Å². The van der Waals surface area contributed by atoms with E-state index in [0.29, 0.717) is 18.2 Å². The number of nitrogens with zero attached hydrogens (tertiary/aromatic N) is 2. The van der Waals surface area contributed by atoms with Crippen molar-refractivity contribution in [1.82, 2.24) is 15.1 Å². The summed E-state index contributed by atoms with van der Waals surface area (Å²) in [5, 5.41) is 8.42. The van der Waals surface area contributed by atoms with Gasteiger partial charge in [-0.05, 0) is 31.2 Å². The lowest BCUT2D eigenvalue weighted by Gasteiger charge is -2.10. The number of aromatic nitrogens is 2. The zero-order valence-corrected chi connectivity index (χ0v) is 13.3. The summed E-state index contributed by atoms with van der Waals surface area (Å²) in [4.78, 5) is 0. The van der Waals surface area contributed by atoms with Gasteiger partial charge in [-0.1, -0.05) is 11.6 Å². The van der Waals surface area contributed by atoms with Crippen LogP contribution in [0.3, 0.4) is 0 Å². The van der Waals surface area contributed by atoms with Gasteiger partial charge in [0.25, 0.3) is 0 Å². The first-order valence-electron chi connectivity index (χ1n) is 6.77. The van der Waals surface area contributed by atoms with Crippen LogP contribution in [-0.4, -0.2) is 30.0 Å². The molecule has 6 heteroatoms. The van der Waals surface area contributed by atoms with E-state index in [1.807, 2.05) is 26.1 Å². The molecule has 1 aromatic heterocycles. The van der Waals surface area contributed by atoms with Crippen molar-refractivity contribution in [2.24, 2.45) is 7.05 Å². The number of benzene rings is 1. The summed E-state index contributed by atoms with van der Waals surface area (Å²) < 4.78 is 12.7. The molecule has 0 spiro atoms. The largest absolute Gasteiger partial charge is 0.439 e. The van der Waals surface area contributed by atoms with Crippen LogP contribution in [0.4, 0.5) is 0 Å². The van der Waals surface area contributed by atoms with Crippen molar-refractivity contribution >= 4 is 11.6 Å². The Hall–Kier alpha value is -1.56. The third-order valence-electron chi connectivity index (χ3n) is 3.10. The van der Waals surface area contributed by atoms with Crippen LogP contribution in [0, 0.1) is 6.92 Å². The first kappa shape index (κ1) is 15.8. The van der Waals surface area contributed by atoms with Crippen LogP contribution in [0.15, 0.2) is 24.3 Å². The fourth-order valence-corrected chi connectivity index (χ4v) is 2.14. The minimum Gasteiger partial charge on any atom is -0.439 e. The summed E-state index contributed by atoms with van der Waals surface area (Å²) in [5.41, 5.74) is 2.00. The predicted octanol–water partition coefficient (Wildman–Crippen LogP) is 2.91. The lowest BCUT2D eigenvalue weighted by Crippen LogP contribution is -2.19. The third kappa shape index (κ3) is 4.20. The van der Waals surface area contributed by atoms with Crippen molar-refractivity contribution in [2.45, 2.75) is 13.5 Å². The molecule has 1 aromatic carbocycles. The van der Waals surface area contributed by atoms with Crippen molar-refractivity contribution < 1.29 is 9.47 Å². The lowest BCUT2D eigenvalue weighted by molar-refractivity contribution is 0.199. The molecule has 0 radical (unpaired) electrons. The number of halogens is 1. The summed E-state index contributed by atoms with van der Waals surface area (Å²) >= 11 is 5.88. The molecule has 0 saturated heterocycles. The monoisotopic (exact) mass is 309 g/mol. The van der Waals surface area contributed by atoms with E-state index in [-0.39, 0.29) is 0 Å². The number of aryl methyl sites for hydroxylation is 2. The standard InChI is InChI=1S/C15H20ClN3O2/c1-11-14(10-17-8-9-20-3)15(19(2)18-11)21-13-6-4-12(16)5-7-13/h4-7,17H,8-10H2,1-3H3. The van der Waals surface area contributed by atoms with Gasteiger partial charge in [0, 0.05) is 32.3 Å². The minimum absolute atomic E-state index is 0.673. The van der Waals surface area contributed by atoms with E-state index in [9.17, 15) is 0 Å². The molecule has 2 rings (SSSR count). The molecule has 0 unspecified atom stereocenters. The number of hydrogen-bond acceptors (Lipinski definition) is 4. The summed E-state index contributed by atoms with van der Waals surface area (Å²) in [6.07, 6.45) is 0. The molecule has 0 saturated carbocycles. The normalized spacial score (nSPS) is 10.9. The van der Waals surface area contributed by atoms with Crippen LogP contribution in [0.25, 0.3) is 0 Å². The van der Waals surface area contributed by atoms with Gasteiger partial charge in [0.1, 0.15) is 5.75 Å². The molecule has 1 N–H and O–H groups in total. The number of ether oxygens (including phenoxy) is 2. The van der Waals surface area contributed by atoms with Gasteiger partial charge >= 0.3 is 0 Å². The Kier molecular flexibility index (Phi) is 5.61. The molecule has 0 aliphatic carbocycles. The number of hydrogen-bond donors (Lipinski definition) is 1. The van der Waals surface area contributed by atoms with E-state index in [1.165, 1.54) is 0 Å². The van der Waals surface area contributed by atoms with Crippen LogP contribution in [0.5, 0.6) is 11.6 Å². The molecule has 2 aromatic rings. The topological polar surface area (TPSA) is 48.3 Å². The van der Waals surface area contributed by atoms with Gasteiger partial charge in [-0.2, -0.15) is 5.10 Å². The Balaban J connectivity index is 2.12. The van der Waals surface area contributed by atoms with Gasteiger partial charge in [0.15, 0.2) is 0 Å². The molecular weight excluding hydrogens is 290 g/mol. The highest BCUT2D eigenvalue weighted by Crippen LogP contribution is 2.27. The maximum atomic E-state index is 5.94. The molecule has 0 aliphatic heterocycles. The maximum absolute atomic E-state index is 5.94. The second-order valence-corrected chi connectivity index (χ2v) is 5.15. The Morgan fingerprint density at radius 2 is 2.00 bits per heavy atom. The molecule has 0 atom stereocenters. The molecular formula is C15H20ClN3O2. The molecule has 0 bridgehead atoms.